The molecule has 19 heavy (non-hydrogen) atoms. The average Bonchev–Trinajstić information content (AvgIpc) is 3.23. The Morgan fingerprint density at radius 1 is 1.32 bits per heavy atom. The van der Waals surface area contributed by atoms with Gasteiger partial charge in [0.15, 0.2) is 0 Å². The zero-order valence-corrected chi connectivity index (χ0v) is 11.3. The third kappa shape index (κ3) is 4.95. The first-order chi connectivity index (χ1) is 9.29. The number of aliphatic hydroxyl groups excluding tert-OH is 1. The highest BCUT2D eigenvalue weighted by atomic mass is 16.5. The highest BCUT2D eigenvalue weighted by molar-refractivity contribution is 5.53. The quantitative estimate of drug-likeness (QED) is 0.595. The van der Waals surface area contributed by atoms with Crippen LogP contribution in [0, 0.1) is 5.92 Å². The molecule has 0 amide bonds. The van der Waals surface area contributed by atoms with Gasteiger partial charge in [0.05, 0.1) is 12.3 Å². The molecule has 0 aromatic carbocycles. The second kappa shape index (κ2) is 7.19. The first-order valence-electron chi connectivity index (χ1n) is 7.03. The summed E-state index contributed by atoms with van der Waals surface area (Å²) in [6, 6.07) is 3.69. The Morgan fingerprint density at radius 3 is 2.89 bits per heavy atom. The molecule has 1 aromatic rings. The highest BCUT2D eigenvalue weighted by Gasteiger charge is 2.22. The van der Waals surface area contributed by atoms with Crippen LogP contribution in [0.2, 0.25) is 0 Å². The van der Waals surface area contributed by atoms with Crippen LogP contribution in [0.25, 0.3) is 0 Å². The number of hydrogen-bond acceptors (Lipinski definition) is 5. The van der Waals surface area contributed by atoms with Crippen molar-refractivity contribution in [3.63, 3.8) is 0 Å². The summed E-state index contributed by atoms with van der Waals surface area (Å²) in [6.07, 6.45) is 5.40. The lowest BCUT2D eigenvalue weighted by molar-refractivity contribution is 0.283. The molecule has 1 aliphatic carbocycles. The molecular formula is C14H23N3O2. The van der Waals surface area contributed by atoms with Gasteiger partial charge in [0, 0.05) is 13.2 Å². The van der Waals surface area contributed by atoms with Crippen LogP contribution in [0.15, 0.2) is 12.1 Å². The maximum atomic E-state index is 8.70. The number of nitrogens with two attached hydrogens (primary N) is 1. The van der Waals surface area contributed by atoms with Crippen LogP contribution in [0.3, 0.4) is 0 Å². The summed E-state index contributed by atoms with van der Waals surface area (Å²) in [5.74, 6) is 2.02. The van der Waals surface area contributed by atoms with Crippen LogP contribution >= 0.6 is 0 Å². The summed E-state index contributed by atoms with van der Waals surface area (Å²) in [7, 11) is 0. The van der Waals surface area contributed by atoms with Gasteiger partial charge in [0.25, 0.3) is 0 Å². The summed E-state index contributed by atoms with van der Waals surface area (Å²) >= 11 is 0. The number of hydrogen-bond donors (Lipinski definition) is 3. The lowest BCUT2D eigenvalue weighted by Gasteiger charge is -2.10. The fourth-order valence-corrected chi connectivity index (χ4v) is 1.78. The van der Waals surface area contributed by atoms with Gasteiger partial charge < -0.3 is 20.9 Å². The topological polar surface area (TPSA) is 80.4 Å². The van der Waals surface area contributed by atoms with Gasteiger partial charge >= 0.3 is 0 Å². The molecule has 1 aliphatic rings. The molecule has 4 N–H and O–H groups in total. The van der Waals surface area contributed by atoms with Crippen molar-refractivity contribution >= 4 is 11.5 Å². The molecule has 1 aromatic heterocycles. The van der Waals surface area contributed by atoms with Gasteiger partial charge in [-0.1, -0.05) is 0 Å². The second-order valence-electron chi connectivity index (χ2n) is 5.06. The van der Waals surface area contributed by atoms with Crippen LogP contribution in [0.1, 0.15) is 32.1 Å². The van der Waals surface area contributed by atoms with Crippen molar-refractivity contribution in [2.24, 2.45) is 5.92 Å². The lowest BCUT2D eigenvalue weighted by atomic mass is 10.2. The number of ether oxygens (including phenoxy) is 1. The predicted molar refractivity (Wildman–Crippen MR) is 76.3 cm³/mol. The zero-order chi connectivity index (χ0) is 13.5. The molecule has 0 saturated heterocycles. The average molecular weight is 265 g/mol. The first-order valence-corrected chi connectivity index (χ1v) is 7.03. The molecule has 0 bridgehead atoms. The zero-order valence-electron chi connectivity index (χ0n) is 11.3. The number of anilines is 2. The molecule has 106 valence electrons. The summed E-state index contributed by atoms with van der Waals surface area (Å²) in [4.78, 5) is 4.38. The number of pyridine rings is 1. The second-order valence-corrected chi connectivity index (χ2v) is 5.06. The highest BCUT2D eigenvalue weighted by Crippen LogP contribution is 2.30. The van der Waals surface area contributed by atoms with E-state index in [1.165, 1.54) is 12.8 Å². The summed E-state index contributed by atoms with van der Waals surface area (Å²) in [5.41, 5.74) is 6.44. The lowest BCUT2D eigenvalue weighted by Crippen LogP contribution is -2.07. The van der Waals surface area contributed by atoms with Crippen LogP contribution in [-0.4, -0.2) is 29.8 Å². The van der Waals surface area contributed by atoms with Crippen molar-refractivity contribution in [1.29, 1.82) is 0 Å². The molecule has 0 unspecified atom stereocenters. The minimum absolute atomic E-state index is 0.263. The fraction of sp³-hybridized carbons (Fsp3) is 0.643. The molecule has 0 spiro atoms. The van der Waals surface area contributed by atoms with Gasteiger partial charge in [-0.2, -0.15) is 4.98 Å². The first kappa shape index (κ1) is 13.9. The molecule has 1 fully saturated rings. The SMILES string of the molecule is Nc1ccc(NCCCCCO)nc1OCC1CC1. The number of nitrogens with zero attached hydrogens (tertiary/aromatic N) is 1. The summed E-state index contributed by atoms with van der Waals surface area (Å²) < 4.78 is 5.64. The minimum Gasteiger partial charge on any atom is -0.476 e. The van der Waals surface area contributed by atoms with Crippen LogP contribution in [0.5, 0.6) is 5.88 Å². The summed E-state index contributed by atoms with van der Waals surface area (Å²) in [6.45, 7) is 1.83. The molecule has 0 radical (unpaired) electrons. The molecule has 5 nitrogen and oxygen atoms in total. The smallest absolute Gasteiger partial charge is 0.239 e. The maximum Gasteiger partial charge on any atom is 0.239 e. The monoisotopic (exact) mass is 265 g/mol. The van der Waals surface area contributed by atoms with E-state index in [2.05, 4.69) is 10.3 Å². The molecule has 0 atom stereocenters. The standard InChI is InChI=1S/C14H23N3O2/c15-12-6-7-13(16-8-2-1-3-9-18)17-14(12)19-10-11-4-5-11/h6-7,11,18H,1-5,8-10,15H2,(H,16,17). The third-order valence-electron chi connectivity index (χ3n) is 3.18. The number of aromatic nitrogens is 1. The summed E-state index contributed by atoms with van der Waals surface area (Å²) in [5, 5.41) is 11.9. The number of nitrogen functional groups attached to an aromatic ring is 1. The maximum absolute atomic E-state index is 8.70. The van der Waals surface area contributed by atoms with Crippen molar-refractivity contribution in [2.45, 2.75) is 32.1 Å². The third-order valence-corrected chi connectivity index (χ3v) is 3.18. The van der Waals surface area contributed by atoms with Gasteiger partial charge in [-0.15, -0.1) is 0 Å². The van der Waals surface area contributed by atoms with E-state index < -0.39 is 0 Å². The van der Waals surface area contributed by atoms with Crippen molar-refractivity contribution in [1.82, 2.24) is 4.98 Å². The Bertz CT molecular complexity index is 394. The van der Waals surface area contributed by atoms with E-state index in [4.69, 9.17) is 15.6 Å². The van der Waals surface area contributed by atoms with Crippen molar-refractivity contribution < 1.29 is 9.84 Å². The Morgan fingerprint density at radius 2 is 2.16 bits per heavy atom. The van der Waals surface area contributed by atoms with E-state index in [9.17, 15) is 0 Å². The van der Waals surface area contributed by atoms with Gasteiger partial charge in [-0.05, 0) is 50.2 Å². The van der Waals surface area contributed by atoms with Crippen LogP contribution in [-0.2, 0) is 0 Å². The molecular weight excluding hydrogens is 242 g/mol. The minimum atomic E-state index is 0.263. The molecule has 2 rings (SSSR count). The number of rotatable bonds is 9. The van der Waals surface area contributed by atoms with E-state index >= 15 is 0 Å². The number of aliphatic hydroxyl groups is 1. The molecule has 1 saturated carbocycles. The Labute approximate surface area is 114 Å². The van der Waals surface area contributed by atoms with Gasteiger partial charge in [-0.3, -0.25) is 0 Å². The van der Waals surface area contributed by atoms with E-state index in [1.54, 1.807) is 0 Å². The van der Waals surface area contributed by atoms with Crippen molar-refractivity contribution in [3.8, 4) is 5.88 Å². The van der Waals surface area contributed by atoms with Crippen molar-refractivity contribution in [2.75, 3.05) is 30.8 Å². The molecule has 5 heteroatoms. The van der Waals surface area contributed by atoms with Crippen molar-refractivity contribution in [3.05, 3.63) is 12.1 Å². The molecule has 0 aliphatic heterocycles. The van der Waals surface area contributed by atoms with E-state index in [1.807, 2.05) is 12.1 Å². The molecule has 1 heterocycles. The predicted octanol–water partition coefficient (Wildman–Crippen LogP) is 2.03. The number of unbranched alkanes of at least 4 members (excludes halogenated alkanes) is 2. The Kier molecular flexibility index (Phi) is 5.27. The van der Waals surface area contributed by atoms with Gasteiger partial charge in [0.1, 0.15) is 5.82 Å². The van der Waals surface area contributed by atoms with E-state index in [0.717, 1.165) is 38.2 Å². The van der Waals surface area contributed by atoms with Gasteiger partial charge in [-0.25, -0.2) is 0 Å². The Hall–Kier alpha value is -1.49. The van der Waals surface area contributed by atoms with Crippen LogP contribution in [0.4, 0.5) is 11.5 Å². The largest absolute Gasteiger partial charge is 0.476 e. The number of nitrogens with one attached hydrogen (secondary N) is 1. The Balaban J connectivity index is 1.77. The van der Waals surface area contributed by atoms with E-state index in [-0.39, 0.29) is 6.61 Å². The fourth-order valence-electron chi connectivity index (χ4n) is 1.78. The van der Waals surface area contributed by atoms with E-state index in [0.29, 0.717) is 17.5 Å². The normalized spacial score (nSPS) is 14.4. The van der Waals surface area contributed by atoms with Gasteiger partial charge in [0.2, 0.25) is 5.88 Å². The van der Waals surface area contributed by atoms with Crippen LogP contribution < -0.4 is 15.8 Å².